The van der Waals surface area contributed by atoms with Gasteiger partial charge in [-0.2, -0.15) is 0 Å². The summed E-state index contributed by atoms with van der Waals surface area (Å²) in [5, 5.41) is 0. The second kappa shape index (κ2) is 5.11. The van der Waals surface area contributed by atoms with Gasteiger partial charge in [0.2, 0.25) is 15.9 Å². The van der Waals surface area contributed by atoms with Crippen LogP contribution >= 0.6 is 15.9 Å². The van der Waals surface area contributed by atoms with Gasteiger partial charge in [0, 0.05) is 24.3 Å². The molecule has 0 aliphatic carbocycles. The van der Waals surface area contributed by atoms with Gasteiger partial charge in [0.1, 0.15) is 4.90 Å². The highest BCUT2D eigenvalue weighted by molar-refractivity contribution is 9.10. The maximum Gasteiger partial charge on any atom is 0.248 e. The molecule has 90 valence electrons. The molecule has 0 unspecified atom stereocenters. The van der Waals surface area contributed by atoms with Gasteiger partial charge in [0.25, 0.3) is 0 Å². The third-order valence-electron chi connectivity index (χ3n) is 2.11. The SMILES string of the molecule is CCN(C)S(=O)(=O)c1cc(Br)cnc1OC. The van der Waals surface area contributed by atoms with Crippen LogP contribution in [0, 0.1) is 0 Å². The van der Waals surface area contributed by atoms with Crippen molar-refractivity contribution in [1.29, 1.82) is 0 Å². The van der Waals surface area contributed by atoms with Crippen molar-refractivity contribution in [3.05, 3.63) is 16.7 Å². The Morgan fingerprint density at radius 1 is 1.56 bits per heavy atom. The average molecular weight is 309 g/mol. The van der Waals surface area contributed by atoms with E-state index in [1.165, 1.54) is 30.7 Å². The number of halogens is 1. The molecule has 0 amide bonds. The minimum Gasteiger partial charge on any atom is -0.480 e. The summed E-state index contributed by atoms with van der Waals surface area (Å²) in [5.41, 5.74) is 0. The number of rotatable bonds is 4. The van der Waals surface area contributed by atoms with E-state index in [1.54, 1.807) is 6.92 Å². The number of pyridine rings is 1. The minimum absolute atomic E-state index is 0.0636. The molecule has 1 aromatic heterocycles. The number of ether oxygens (including phenoxy) is 1. The topological polar surface area (TPSA) is 59.5 Å². The summed E-state index contributed by atoms with van der Waals surface area (Å²) in [6.07, 6.45) is 1.49. The first-order chi connectivity index (χ1) is 7.43. The van der Waals surface area contributed by atoms with Crippen LogP contribution in [-0.2, 0) is 10.0 Å². The maximum atomic E-state index is 12.1. The van der Waals surface area contributed by atoms with Crippen LogP contribution in [0.4, 0.5) is 0 Å². The van der Waals surface area contributed by atoms with Crippen LogP contribution in [0.5, 0.6) is 5.88 Å². The summed E-state index contributed by atoms with van der Waals surface area (Å²) in [6, 6.07) is 1.48. The molecule has 0 saturated carbocycles. The first-order valence-corrected chi connectivity index (χ1v) is 6.82. The van der Waals surface area contributed by atoms with E-state index in [1.807, 2.05) is 0 Å². The molecule has 0 radical (unpaired) electrons. The zero-order valence-corrected chi connectivity index (χ0v) is 11.7. The lowest BCUT2D eigenvalue weighted by atomic mass is 10.5. The highest BCUT2D eigenvalue weighted by atomic mass is 79.9. The Hall–Kier alpha value is -0.660. The predicted octanol–water partition coefficient (Wildman–Crippen LogP) is 1.49. The van der Waals surface area contributed by atoms with Crippen LogP contribution in [0.3, 0.4) is 0 Å². The Labute approximate surface area is 104 Å². The van der Waals surface area contributed by atoms with Crippen molar-refractivity contribution in [3.63, 3.8) is 0 Å². The van der Waals surface area contributed by atoms with Gasteiger partial charge in [0.15, 0.2) is 0 Å². The van der Waals surface area contributed by atoms with Gasteiger partial charge in [-0.3, -0.25) is 0 Å². The molecule has 0 bridgehead atoms. The first-order valence-electron chi connectivity index (χ1n) is 4.59. The molecule has 0 atom stereocenters. The number of methoxy groups -OCH3 is 1. The van der Waals surface area contributed by atoms with Crippen LogP contribution < -0.4 is 4.74 Å². The van der Waals surface area contributed by atoms with Crippen LogP contribution in [0.25, 0.3) is 0 Å². The standard InChI is InChI=1S/C9H13BrN2O3S/c1-4-12(2)16(13,14)8-5-7(10)6-11-9(8)15-3/h5-6H,4H2,1-3H3. The molecule has 0 spiro atoms. The summed E-state index contributed by atoms with van der Waals surface area (Å²) in [5.74, 6) is 0.100. The Kier molecular flexibility index (Phi) is 4.28. The van der Waals surface area contributed by atoms with Crippen molar-refractivity contribution >= 4 is 26.0 Å². The van der Waals surface area contributed by atoms with Gasteiger partial charge in [0.05, 0.1) is 7.11 Å². The molecule has 1 aromatic rings. The molecule has 0 fully saturated rings. The highest BCUT2D eigenvalue weighted by Crippen LogP contribution is 2.26. The Morgan fingerprint density at radius 2 is 2.19 bits per heavy atom. The van der Waals surface area contributed by atoms with Gasteiger partial charge < -0.3 is 4.74 Å². The second-order valence-corrected chi connectivity index (χ2v) is 6.01. The lowest BCUT2D eigenvalue weighted by Gasteiger charge is -2.16. The van der Waals surface area contributed by atoms with E-state index >= 15 is 0 Å². The quantitative estimate of drug-likeness (QED) is 0.845. The van der Waals surface area contributed by atoms with Crippen molar-refractivity contribution in [2.45, 2.75) is 11.8 Å². The van der Waals surface area contributed by atoms with Gasteiger partial charge in [-0.25, -0.2) is 17.7 Å². The fourth-order valence-corrected chi connectivity index (χ4v) is 2.88. The smallest absolute Gasteiger partial charge is 0.248 e. The van der Waals surface area contributed by atoms with E-state index in [2.05, 4.69) is 20.9 Å². The molecular weight excluding hydrogens is 296 g/mol. The van der Waals surface area contributed by atoms with Crippen LogP contribution in [0.2, 0.25) is 0 Å². The Balaban J connectivity index is 3.37. The number of sulfonamides is 1. The average Bonchev–Trinajstić information content (AvgIpc) is 2.27. The minimum atomic E-state index is -3.54. The van der Waals surface area contributed by atoms with E-state index in [-0.39, 0.29) is 10.8 Å². The molecule has 0 aliphatic heterocycles. The van der Waals surface area contributed by atoms with Crippen molar-refractivity contribution in [3.8, 4) is 5.88 Å². The first kappa shape index (κ1) is 13.4. The third-order valence-corrected chi connectivity index (χ3v) is 4.47. The fraction of sp³-hybridized carbons (Fsp3) is 0.444. The van der Waals surface area contributed by atoms with Crippen LogP contribution in [0.15, 0.2) is 21.6 Å². The fourth-order valence-electron chi connectivity index (χ4n) is 1.08. The molecule has 1 rings (SSSR count). The summed E-state index contributed by atoms with van der Waals surface area (Å²) < 4.78 is 30.9. The number of nitrogens with zero attached hydrogens (tertiary/aromatic N) is 2. The zero-order chi connectivity index (χ0) is 12.3. The summed E-state index contributed by atoms with van der Waals surface area (Å²) in [6.45, 7) is 2.15. The Bertz CT molecular complexity index is 476. The maximum absolute atomic E-state index is 12.1. The van der Waals surface area contributed by atoms with E-state index in [0.29, 0.717) is 11.0 Å². The lowest BCUT2D eigenvalue weighted by Crippen LogP contribution is -2.27. The summed E-state index contributed by atoms with van der Waals surface area (Å²) in [7, 11) is -0.639. The molecule has 0 N–H and O–H groups in total. The van der Waals surface area contributed by atoms with E-state index in [0.717, 1.165) is 0 Å². The monoisotopic (exact) mass is 308 g/mol. The van der Waals surface area contributed by atoms with Crippen LogP contribution in [0.1, 0.15) is 6.92 Å². The van der Waals surface area contributed by atoms with Gasteiger partial charge in [-0.15, -0.1) is 0 Å². The molecule has 7 heteroatoms. The van der Waals surface area contributed by atoms with Crippen molar-refractivity contribution in [2.24, 2.45) is 0 Å². The molecule has 0 aliphatic rings. The molecule has 0 aromatic carbocycles. The predicted molar refractivity (Wildman–Crippen MR) is 64.0 cm³/mol. The van der Waals surface area contributed by atoms with Crippen molar-refractivity contribution in [1.82, 2.24) is 9.29 Å². The van der Waals surface area contributed by atoms with Crippen molar-refractivity contribution in [2.75, 3.05) is 20.7 Å². The number of hydrogen-bond acceptors (Lipinski definition) is 4. The van der Waals surface area contributed by atoms with E-state index < -0.39 is 10.0 Å². The second-order valence-electron chi connectivity index (χ2n) is 3.08. The largest absolute Gasteiger partial charge is 0.480 e. The summed E-state index contributed by atoms with van der Waals surface area (Å²) in [4.78, 5) is 3.97. The van der Waals surface area contributed by atoms with Gasteiger partial charge in [-0.1, -0.05) is 6.92 Å². The molecule has 16 heavy (non-hydrogen) atoms. The van der Waals surface area contributed by atoms with Crippen molar-refractivity contribution < 1.29 is 13.2 Å². The zero-order valence-electron chi connectivity index (χ0n) is 9.27. The van der Waals surface area contributed by atoms with E-state index in [4.69, 9.17) is 4.74 Å². The van der Waals surface area contributed by atoms with Crippen LogP contribution in [-0.4, -0.2) is 38.4 Å². The summed E-state index contributed by atoms with van der Waals surface area (Å²) >= 11 is 3.19. The number of aromatic nitrogens is 1. The highest BCUT2D eigenvalue weighted by Gasteiger charge is 2.24. The lowest BCUT2D eigenvalue weighted by molar-refractivity contribution is 0.381. The molecular formula is C9H13BrN2O3S. The number of hydrogen-bond donors (Lipinski definition) is 0. The van der Waals surface area contributed by atoms with E-state index in [9.17, 15) is 8.42 Å². The van der Waals surface area contributed by atoms with Gasteiger partial charge >= 0.3 is 0 Å². The molecule has 0 saturated heterocycles. The molecule has 1 heterocycles. The normalized spacial score (nSPS) is 11.8. The molecule has 5 nitrogen and oxygen atoms in total. The third kappa shape index (κ3) is 2.53. The van der Waals surface area contributed by atoms with Gasteiger partial charge in [-0.05, 0) is 22.0 Å². The Morgan fingerprint density at radius 3 is 2.69 bits per heavy atom.